The minimum atomic E-state index is -0.0303. The summed E-state index contributed by atoms with van der Waals surface area (Å²) >= 11 is 1.55. The predicted octanol–water partition coefficient (Wildman–Crippen LogP) is 4.42. The fourth-order valence-corrected chi connectivity index (χ4v) is 3.55. The third-order valence-corrected chi connectivity index (χ3v) is 4.91. The van der Waals surface area contributed by atoms with Crippen molar-refractivity contribution >= 4 is 21.6 Å². The number of fused-ring (bicyclic) bond motifs is 1. The van der Waals surface area contributed by atoms with Crippen LogP contribution in [0.3, 0.4) is 0 Å². The van der Waals surface area contributed by atoms with Gasteiger partial charge in [0.25, 0.3) is 5.56 Å². The van der Waals surface area contributed by atoms with E-state index >= 15 is 0 Å². The van der Waals surface area contributed by atoms with Gasteiger partial charge in [-0.2, -0.15) is 0 Å². The Morgan fingerprint density at radius 1 is 1.00 bits per heavy atom. The molecule has 0 saturated carbocycles. The molecule has 2 aromatic carbocycles. The average molecular weight is 318 g/mol. The Bertz CT molecular complexity index is 1030. The summed E-state index contributed by atoms with van der Waals surface area (Å²) in [5, 5.41) is 0.664. The summed E-state index contributed by atoms with van der Waals surface area (Å²) in [4.78, 5) is 19.1. The molecule has 2 heterocycles. The van der Waals surface area contributed by atoms with Crippen LogP contribution in [0.5, 0.6) is 0 Å². The minimum absolute atomic E-state index is 0.0303. The van der Waals surface area contributed by atoms with Gasteiger partial charge in [-0.25, -0.2) is 4.98 Å². The lowest BCUT2D eigenvalue weighted by atomic mass is 10.2. The van der Waals surface area contributed by atoms with E-state index < -0.39 is 0 Å². The largest absolute Gasteiger partial charge is 0.268 e. The Hall–Kier alpha value is -2.72. The first kappa shape index (κ1) is 13.9. The molecule has 0 N–H and O–H groups in total. The van der Waals surface area contributed by atoms with Crippen LogP contribution in [0, 0.1) is 6.92 Å². The van der Waals surface area contributed by atoms with Crippen LogP contribution < -0.4 is 5.56 Å². The van der Waals surface area contributed by atoms with Gasteiger partial charge < -0.3 is 0 Å². The van der Waals surface area contributed by atoms with E-state index in [1.54, 1.807) is 22.2 Å². The molecule has 0 spiro atoms. The lowest BCUT2D eigenvalue weighted by Gasteiger charge is -2.05. The van der Waals surface area contributed by atoms with E-state index in [1.807, 2.05) is 67.6 Å². The molecule has 0 aliphatic carbocycles. The Kier molecular flexibility index (Phi) is 3.32. The summed E-state index contributed by atoms with van der Waals surface area (Å²) in [6.45, 7) is 2.03. The first-order valence-corrected chi connectivity index (χ1v) is 8.18. The van der Waals surface area contributed by atoms with Gasteiger partial charge in [0.1, 0.15) is 11.2 Å². The number of hydrogen-bond acceptors (Lipinski definition) is 3. The van der Waals surface area contributed by atoms with Crippen molar-refractivity contribution < 1.29 is 0 Å². The summed E-state index contributed by atoms with van der Waals surface area (Å²) in [5.41, 5.74) is 3.08. The van der Waals surface area contributed by atoms with Gasteiger partial charge in [0, 0.05) is 4.88 Å². The first-order valence-electron chi connectivity index (χ1n) is 7.36. The summed E-state index contributed by atoms with van der Waals surface area (Å²) < 4.78 is 1.60. The van der Waals surface area contributed by atoms with E-state index in [0.717, 1.165) is 26.5 Å². The van der Waals surface area contributed by atoms with Crippen LogP contribution in [0.2, 0.25) is 0 Å². The molecule has 0 amide bonds. The normalized spacial score (nSPS) is 11.0. The van der Waals surface area contributed by atoms with Gasteiger partial charge >= 0.3 is 0 Å². The van der Waals surface area contributed by atoms with E-state index in [9.17, 15) is 4.79 Å². The molecule has 23 heavy (non-hydrogen) atoms. The van der Waals surface area contributed by atoms with Crippen LogP contribution in [0.15, 0.2) is 71.8 Å². The third-order valence-electron chi connectivity index (χ3n) is 3.82. The standard InChI is InChI=1S/C19H14N2OS/c1-13-7-9-15(10-8-13)21-12-20-18-16(19(21)22)11-17(23-18)14-5-3-2-4-6-14/h2-12H,1H3. The van der Waals surface area contributed by atoms with Crippen LogP contribution in [-0.4, -0.2) is 9.55 Å². The maximum atomic E-state index is 12.8. The minimum Gasteiger partial charge on any atom is -0.268 e. The number of thiophene rings is 1. The molecule has 4 rings (SSSR count). The number of aryl methyl sites for hydroxylation is 1. The number of benzene rings is 2. The summed E-state index contributed by atoms with van der Waals surface area (Å²) in [6, 6.07) is 19.9. The maximum Gasteiger partial charge on any atom is 0.266 e. The summed E-state index contributed by atoms with van der Waals surface area (Å²) in [5.74, 6) is 0. The summed E-state index contributed by atoms with van der Waals surface area (Å²) in [7, 11) is 0. The fraction of sp³-hybridized carbons (Fsp3) is 0.0526. The van der Waals surface area contributed by atoms with Gasteiger partial charge in [0.15, 0.2) is 0 Å². The third kappa shape index (κ3) is 2.47. The van der Waals surface area contributed by atoms with Crippen molar-refractivity contribution in [1.29, 1.82) is 0 Å². The fourth-order valence-electron chi connectivity index (χ4n) is 2.56. The second-order valence-corrected chi connectivity index (χ2v) is 6.48. The second-order valence-electron chi connectivity index (χ2n) is 5.45. The molecule has 0 atom stereocenters. The number of nitrogens with zero attached hydrogens (tertiary/aromatic N) is 2. The zero-order valence-corrected chi connectivity index (χ0v) is 13.4. The van der Waals surface area contributed by atoms with Gasteiger partial charge in [0.05, 0.1) is 11.1 Å². The molecular weight excluding hydrogens is 304 g/mol. The van der Waals surface area contributed by atoms with Crippen LogP contribution in [0.4, 0.5) is 0 Å². The lowest BCUT2D eigenvalue weighted by Crippen LogP contribution is -2.17. The van der Waals surface area contributed by atoms with E-state index in [4.69, 9.17) is 0 Å². The highest BCUT2D eigenvalue weighted by Crippen LogP contribution is 2.30. The molecule has 2 aromatic heterocycles. The molecule has 0 aliphatic rings. The molecule has 112 valence electrons. The molecule has 4 aromatic rings. The van der Waals surface area contributed by atoms with E-state index in [-0.39, 0.29) is 5.56 Å². The van der Waals surface area contributed by atoms with E-state index in [2.05, 4.69) is 4.98 Å². The highest BCUT2D eigenvalue weighted by molar-refractivity contribution is 7.21. The molecule has 0 bridgehead atoms. The van der Waals surface area contributed by atoms with Crippen molar-refractivity contribution in [3.63, 3.8) is 0 Å². The predicted molar refractivity (Wildman–Crippen MR) is 95.4 cm³/mol. The number of rotatable bonds is 2. The maximum absolute atomic E-state index is 12.8. The van der Waals surface area contributed by atoms with Gasteiger partial charge in [-0.1, -0.05) is 48.0 Å². The molecule has 0 unspecified atom stereocenters. The summed E-state index contributed by atoms with van der Waals surface area (Å²) in [6.07, 6.45) is 1.61. The molecule has 4 heteroatoms. The molecule has 0 aliphatic heterocycles. The number of aromatic nitrogens is 2. The zero-order chi connectivity index (χ0) is 15.8. The monoisotopic (exact) mass is 318 g/mol. The quantitative estimate of drug-likeness (QED) is 0.548. The van der Waals surface area contributed by atoms with Gasteiger partial charge in [0.2, 0.25) is 0 Å². The van der Waals surface area contributed by atoms with Gasteiger partial charge in [-0.05, 0) is 30.7 Å². The average Bonchev–Trinajstić information content (AvgIpc) is 3.02. The van der Waals surface area contributed by atoms with E-state index in [1.165, 1.54) is 0 Å². The van der Waals surface area contributed by atoms with Crippen LogP contribution in [-0.2, 0) is 0 Å². The van der Waals surface area contributed by atoms with Crippen molar-refractivity contribution in [2.75, 3.05) is 0 Å². The Labute approximate surface area is 137 Å². The second kappa shape index (κ2) is 5.48. The SMILES string of the molecule is Cc1ccc(-n2cnc3sc(-c4ccccc4)cc3c2=O)cc1. The Morgan fingerprint density at radius 3 is 2.48 bits per heavy atom. The van der Waals surface area contributed by atoms with Crippen molar-refractivity contribution in [2.24, 2.45) is 0 Å². The molecule has 3 nitrogen and oxygen atoms in total. The van der Waals surface area contributed by atoms with Crippen molar-refractivity contribution in [2.45, 2.75) is 6.92 Å². The Balaban J connectivity index is 1.89. The molecule has 0 saturated heterocycles. The van der Waals surface area contributed by atoms with Gasteiger partial charge in [-0.15, -0.1) is 11.3 Å². The zero-order valence-electron chi connectivity index (χ0n) is 12.6. The highest BCUT2D eigenvalue weighted by atomic mass is 32.1. The van der Waals surface area contributed by atoms with Crippen molar-refractivity contribution in [1.82, 2.24) is 9.55 Å². The molecule has 0 radical (unpaired) electrons. The van der Waals surface area contributed by atoms with Gasteiger partial charge in [-0.3, -0.25) is 9.36 Å². The van der Waals surface area contributed by atoms with Crippen LogP contribution in [0.1, 0.15) is 5.56 Å². The highest BCUT2D eigenvalue weighted by Gasteiger charge is 2.11. The van der Waals surface area contributed by atoms with E-state index in [0.29, 0.717) is 5.39 Å². The van der Waals surface area contributed by atoms with Crippen LogP contribution in [0.25, 0.3) is 26.3 Å². The molecule has 0 fully saturated rings. The lowest BCUT2D eigenvalue weighted by molar-refractivity contribution is 0.965. The first-order chi connectivity index (χ1) is 11.2. The molecular formula is C19H14N2OS. The Morgan fingerprint density at radius 2 is 1.74 bits per heavy atom. The topological polar surface area (TPSA) is 34.9 Å². The van der Waals surface area contributed by atoms with Crippen LogP contribution >= 0.6 is 11.3 Å². The van der Waals surface area contributed by atoms with Crippen molar-refractivity contribution in [3.8, 4) is 16.1 Å². The van der Waals surface area contributed by atoms with Crippen molar-refractivity contribution in [3.05, 3.63) is 82.9 Å². The smallest absolute Gasteiger partial charge is 0.266 e. The number of hydrogen-bond donors (Lipinski definition) is 0.